The van der Waals surface area contributed by atoms with Crippen LogP contribution in [-0.4, -0.2) is 58.7 Å². The number of carbonyl (C=O) groups is 1. The van der Waals surface area contributed by atoms with Crippen LogP contribution in [0.3, 0.4) is 0 Å². The van der Waals surface area contributed by atoms with Crippen LogP contribution in [0.2, 0.25) is 0 Å². The van der Waals surface area contributed by atoms with Gasteiger partial charge in [0.25, 0.3) is 15.9 Å². The zero-order valence-corrected chi connectivity index (χ0v) is 17.9. The van der Waals surface area contributed by atoms with Crippen LogP contribution in [0.4, 0.5) is 5.69 Å². The monoisotopic (exact) mass is 418 g/mol. The van der Waals surface area contributed by atoms with Crippen molar-refractivity contribution in [2.24, 2.45) is 0 Å². The SMILES string of the molecule is COc1ccccc1N(C)S(=O)(=O)c1ccc(C(=O)N2CCOCC2(C)C)cc1. The van der Waals surface area contributed by atoms with Gasteiger partial charge in [0.2, 0.25) is 0 Å². The molecule has 1 heterocycles. The highest BCUT2D eigenvalue weighted by molar-refractivity contribution is 7.92. The maximum Gasteiger partial charge on any atom is 0.264 e. The van der Waals surface area contributed by atoms with Crippen molar-refractivity contribution in [1.29, 1.82) is 0 Å². The van der Waals surface area contributed by atoms with Crippen LogP contribution in [-0.2, 0) is 14.8 Å². The van der Waals surface area contributed by atoms with Crippen molar-refractivity contribution in [1.82, 2.24) is 4.90 Å². The number of rotatable bonds is 5. The molecule has 0 bridgehead atoms. The Morgan fingerprint density at radius 2 is 1.79 bits per heavy atom. The Morgan fingerprint density at radius 1 is 1.14 bits per heavy atom. The second-order valence-electron chi connectivity index (χ2n) is 7.49. The van der Waals surface area contributed by atoms with Gasteiger partial charge >= 0.3 is 0 Å². The average Bonchev–Trinajstić information content (AvgIpc) is 2.72. The fourth-order valence-electron chi connectivity index (χ4n) is 3.34. The fourth-order valence-corrected chi connectivity index (χ4v) is 4.54. The predicted molar refractivity (Wildman–Crippen MR) is 111 cm³/mol. The van der Waals surface area contributed by atoms with Crippen LogP contribution in [0.5, 0.6) is 5.75 Å². The molecule has 0 aliphatic carbocycles. The molecule has 2 aromatic carbocycles. The number of methoxy groups -OCH3 is 1. The summed E-state index contributed by atoms with van der Waals surface area (Å²) < 4.78 is 38.0. The summed E-state index contributed by atoms with van der Waals surface area (Å²) in [7, 11) is -0.839. The van der Waals surface area contributed by atoms with Gasteiger partial charge in [-0.25, -0.2) is 8.42 Å². The number of carbonyl (C=O) groups excluding carboxylic acids is 1. The Hall–Kier alpha value is -2.58. The zero-order valence-electron chi connectivity index (χ0n) is 17.1. The molecule has 0 aromatic heterocycles. The second-order valence-corrected chi connectivity index (χ2v) is 9.46. The number of sulfonamides is 1. The van der Waals surface area contributed by atoms with E-state index in [1.54, 1.807) is 41.3 Å². The quantitative estimate of drug-likeness (QED) is 0.746. The first-order chi connectivity index (χ1) is 13.7. The van der Waals surface area contributed by atoms with E-state index >= 15 is 0 Å². The number of nitrogens with zero attached hydrogens (tertiary/aromatic N) is 2. The van der Waals surface area contributed by atoms with Crippen molar-refractivity contribution < 1.29 is 22.7 Å². The van der Waals surface area contributed by atoms with Gasteiger partial charge in [0.15, 0.2) is 0 Å². The molecule has 8 heteroatoms. The third-order valence-electron chi connectivity index (χ3n) is 5.07. The van der Waals surface area contributed by atoms with E-state index in [9.17, 15) is 13.2 Å². The van der Waals surface area contributed by atoms with Gasteiger partial charge in [-0.2, -0.15) is 0 Å². The number of amides is 1. The van der Waals surface area contributed by atoms with E-state index in [0.29, 0.717) is 36.8 Å². The molecule has 1 saturated heterocycles. The lowest BCUT2D eigenvalue weighted by molar-refractivity contribution is -0.0370. The fraction of sp³-hybridized carbons (Fsp3) is 0.381. The van der Waals surface area contributed by atoms with E-state index in [1.165, 1.54) is 30.6 Å². The molecule has 0 unspecified atom stereocenters. The number of hydrogen-bond donors (Lipinski definition) is 0. The van der Waals surface area contributed by atoms with Crippen molar-refractivity contribution in [3.8, 4) is 5.75 Å². The Labute approximate surface area is 171 Å². The minimum absolute atomic E-state index is 0.101. The van der Waals surface area contributed by atoms with E-state index < -0.39 is 15.6 Å². The van der Waals surface area contributed by atoms with Gasteiger partial charge in [-0.1, -0.05) is 12.1 Å². The van der Waals surface area contributed by atoms with Crippen LogP contribution < -0.4 is 9.04 Å². The molecule has 1 fully saturated rings. The number of morpholine rings is 1. The summed E-state index contributed by atoms with van der Waals surface area (Å²) in [5, 5.41) is 0. The summed E-state index contributed by atoms with van der Waals surface area (Å²) in [6.07, 6.45) is 0. The van der Waals surface area contributed by atoms with Gasteiger partial charge in [0, 0.05) is 19.2 Å². The van der Waals surface area contributed by atoms with Crippen molar-refractivity contribution in [2.75, 3.05) is 38.2 Å². The van der Waals surface area contributed by atoms with Crippen molar-refractivity contribution >= 4 is 21.6 Å². The van der Waals surface area contributed by atoms with Crippen molar-refractivity contribution in [3.05, 3.63) is 54.1 Å². The van der Waals surface area contributed by atoms with E-state index in [1.807, 2.05) is 13.8 Å². The Morgan fingerprint density at radius 3 is 2.41 bits per heavy atom. The Bertz CT molecular complexity index is 986. The Balaban J connectivity index is 1.86. The summed E-state index contributed by atoms with van der Waals surface area (Å²) in [5.41, 5.74) is 0.466. The van der Waals surface area contributed by atoms with Crippen LogP contribution in [0.1, 0.15) is 24.2 Å². The van der Waals surface area contributed by atoms with E-state index in [0.717, 1.165) is 0 Å². The molecule has 7 nitrogen and oxygen atoms in total. The molecule has 0 saturated carbocycles. The molecule has 1 amide bonds. The highest BCUT2D eigenvalue weighted by Gasteiger charge is 2.34. The number of ether oxygens (including phenoxy) is 2. The molecule has 0 atom stereocenters. The molecule has 0 N–H and O–H groups in total. The van der Waals surface area contributed by atoms with Crippen molar-refractivity contribution in [2.45, 2.75) is 24.3 Å². The van der Waals surface area contributed by atoms with Gasteiger partial charge in [0.05, 0.1) is 36.4 Å². The molecular weight excluding hydrogens is 392 g/mol. The van der Waals surface area contributed by atoms with Crippen LogP contribution in [0, 0.1) is 0 Å². The van der Waals surface area contributed by atoms with Gasteiger partial charge in [0.1, 0.15) is 5.75 Å². The number of para-hydroxylation sites is 2. The maximum atomic E-state index is 13.0. The molecule has 29 heavy (non-hydrogen) atoms. The van der Waals surface area contributed by atoms with Crippen LogP contribution in [0.25, 0.3) is 0 Å². The third-order valence-corrected chi connectivity index (χ3v) is 6.86. The second kappa shape index (κ2) is 8.04. The summed E-state index contributed by atoms with van der Waals surface area (Å²) in [4.78, 5) is 14.8. The van der Waals surface area contributed by atoms with Crippen LogP contribution in [0.15, 0.2) is 53.4 Å². The number of hydrogen-bond acceptors (Lipinski definition) is 5. The van der Waals surface area contributed by atoms with Gasteiger partial charge in [-0.3, -0.25) is 9.10 Å². The molecule has 2 aromatic rings. The first kappa shape index (κ1) is 21.1. The smallest absolute Gasteiger partial charge is 0.264 e. The first-order valence-electron chi connectivity index (χ1n) is 9.30. The summed E-state index contributed by atoms with van der Waals surface area (Å²) >= 11 is 0. The van der Waals surface area contributed by atoms with Crippen LogP contribution >= 0.6 is 0 Å². The minimum Gasteiger partial charge on any atom is -0.495 e. The van der Waals surface area contributed by atoms with E-state index in [2.05, 4.69) is 0 Å². The van der Waals surface area contributed by atoms with Gasteiger partial charge in [-0.15, -0.1) is 0 Å². The first-order valence-corrected chi connectivity index (χ1v) is 10.7. The molecule has 0 radical (unpaired) electrons. The van der Waals surface area contributed by atoms with Gasteiger partial charge < -0.3 is 14.4 Å². The van der Waals surface area contributed by atoms with Crippen molar-refractivity contribution in [3.63, 3.8) is 0 Å². The molecule has 0 spiro atoms. The molecule has 156 valence electrons. The predicted octanol–water partition coefficient (Wildman–Crippen LogP) is 2.77. The number of anilines is 1. The van der Waals surface area contributed by atoms with E-state index in [4.69, 9.17) is 9.47 Å². The Kier molecular flexibility index (Phi) is 5.86. The number of benzene rings is 2. The molecular formula is C21H26N2O5S. The zero-order chi connectivity index (χ0) is 21.2. The highest BCUT2D eigenvalue weighted by atomic mass is 32.2. The average molecular weight is 419 g/mol. The lowest BCUT2D eigenvalue weighted by Crippen LogP contribution is -2.55. The lowest BCUT2D eigenvalue weighted by Gasteiger charge is -2.42. The minimum atomic E-state index is -3.81. The summed E-state index contributed by atoms with van der Waals surface area (Å²) in [6.45, 7) is 5.36. The highest BCUT2D eigenvalue weighted by Crippen LogP contribution is 2.31. The molecule has 1 aliphatic rings. The topological polar surface area (TPSA) is 76.2 Å². The lowest BCUT2D eigenvalue weighted by atomic mass is 10.0. The third kappa shape index (κ3) is 4.09. The normalized spacial score (nSPS) is 16.3. The largest absolute Gasteiger partial charge is 0.495 e. The molecule has 1 aliphatic heterocycles. The standard InChI is InChI=1S/C21H26N2O5S/c1-21(2)15-28-14-13-23(21)20(24)16-9-11-17(12-10-16)29(25,26)22(3)18-7-5-6-8-19(18)27-4/h5-12H,13-15H2,1-4H3. The summed E-state index contributed by atoms with van der Waals surface area (Å²) in [6, 6.07) is 12.9. The molecule has 3 rings (SSSR count). The maximum absolute atomic E-state index is 13.0. The van der Waals surface area contributed by atoms with Gasteiger partial charge in [-0.05, 0) is 50.2 Å². The van der Waals surface area contributed by atoms with E-state index in [-0.39, 0.29) is 10.8 Å². The summed E-state index contributed by atoms with van der Waals surface area (Å²) in [5.74, 6) is 0.320.